The minimum atomic E-state index is -0.618. The van der Waals surface area contributed by atoms with Crippen LogP contribution < -0.4 is 14.8 Å². The Balaban J connectivity index is 1.35. The van der Waals surface area contributed by atoms with E-state index in [1.165, 1.54) is 0 Å². The second-order valence-electron chi connectivity index (χ2n) is 8.15. The van der Waals surface area contributed by atoms with Crippen molar-refractivity contribution < 1.29 is 23.7 Å². The minimum absolute atomic E-state index is 0.0905. The van der Waals surface area contributed by atoms with Gasteiger partial charge >= 0.3 is 0 Å². The predicted molar refractivity (Wildman–Crippen MR) is 120 cm³/mol. The van der Waals surface area contributed by atoms with Crippen molar-refractivity contribution in [2.75, 3.05) is 25.1 Å². The van der Waals surface area contributed by atoms with Crippen molar-refractivity contribution in [3.8, 4) is 11.5 Å². The monoisotopic (exact) mass is 536 g/mol. The molecule has 2 saturated heterocycles. The van der Waals surface area contributed by atoms with Gasteiger partial charge in [-0.3, -0.25) is 0 Å². The smallest absolute Gasteiger partial charge is 0.164 e. The highest BCUT2D eigenvalue weighted by atomic mass is 127. The van der Waals surface area contributed by atoms with Crippen LogP contribution in [0.5, 0.6) is 11.5 Å². The lowest BCUT2D eigenvalue weighted by Crippen LogP contribution is -2.27. The second kappa shape index (κ2) is 7.19. The average Bonchev–Trinajstić information content (AvgIpc) is 3.38. The van der Waals surface area contributed by atoms with Gasteiger partial charge in [0.25, 0.3) is 0 Å². The topological polar surface area (TPSA) is 88.9 Å². The third-order valence-electron chi connectivity index (χ3n) is 5.58. The number of anilines is 2. The van der Waals surface area contributed by atoms with Crippen molar-refractivity contribution in [1.82, 2.24) is 14.5 Å². The molecule has 0 saturated carbocycles. The molecule has 2 fully saturated rings. The zero-order valence-corrected chi connectivity index (χ0v) is 19.2. The molecule has 3 atom stereocenters. The van der Waals surface area contributed by atoms with Crippen molar-refractivity contribution in [3.63, 3.8) is 0 Å². The number of ether oxygens (including phenoxy) is 5. The van der Waals surface area contributed by atoms with Crippen LogP contribution in [0.1, 0.15) is 20.1 Å². The molecule has 10 heteroatoms. The molecular formula is C21H21IN4O5. The van der Waals surface area contributed by atoms with Crippen LogP contribution >= 0.6 is 22.6 Å². The number of rotatable bonds is 3. The summed E-state index contributed by atoms with van der Waals surface area (Å²) in [5, 5.41) is 4.32. The molecule has 31 heavy (non-hydrogen) atoms. The maximum Gasteiger partial charge on any atom is 0.164 e. The fraction of sp³-hybridized carbons (Fsp3) is 0.429. The molecule has 6 rings (SSSR count). The second-order valence-corrected chi connectivity index (χ2v) is 9.31. The molecule has 0 radical (unpaired) electrons. The van der Waals surface area contributed by atoms with Crippen molar-refractivity contribution in [2.24, 2.45) is 0 Å². The molecule has 162 valence electrons. The lowest BCUT2D eigenvalue weighted by Gasteiger charge is -2.23. The summed E-state index contributed by atoms with van der Waals surface area (Å²) in [6.45, 7) is 5.45. The number of nitrogens with zero attached hydrogens (tertiary/aromatic N) is 3. The van der Waals surface area contributed by atoms with Crippen molar-refractivity contribution in [3.05, 3.63) is 34.3 Å². The zero-order chi connectivity index (χ0) is 21.2. The van der Waals surface area contributed by atoms with Gasteiger partial charge in [0, 0.05) is 21.5 Å². The molecule has 1 N–H and O–H groups in total. The van der Waals surface area contributed by atoms with E-state index in [9.17, 15) is 0 Å². The highest BCUT2D eigenvalue weighted by molar-refractivity contribution is 14.1. The van der Waals surface area contributed by atoms with Gasteiger partial charge in [-0.05, 0) is 48.6 Å². The number of halogens is 1. The third kappa shape index (κ3) is 3.32. The standard InChI is InChI=1S/C21H21IN4O5/c1-21(2)30-15-9-29-20(17(15)31-21)26-8-12(22)16-18(23-10-24-19(16)26)25-11-3-4-13-14(7-11)28-6-5-27-13/h3-4,7-8,10,15,17,20H,5-6,9H2,1-2H3,(H,23,24,25)/t15-,17-,20-/m1/s1. The van der Waals surface area contributed by atoms with E-state index < -0.39 is 5.79 Å². The van der Waals surface area contributed by atoms with Gasteiger partial charge in [0.05, 0.1) is 12.0 Å². The summed E-state index contributed by atoms with van der Waals surface area (Å²) in [6, 6.07) is 5.77. The molecule has 1 aromatic carbocycles. The van der Waals surface area contributed by atoms with Crippen LogP contribution in [0.2, 0.25) is 0 Å². The summed E-state index contributed by atoms with van der Waals surface area (Å²) in [5.74, 6) is 1.57. The van der Waals surface area contributed by atoms with E-state index in [0.29, 0.717) is 25.6 Å². The summed E-state index contributed by atoms with van der Waals surface area (Å²) in [4.78, 5) is 9.05. The summed E-state index contributed by atoms with van der Waals surface area (Å²) in [5.41, 5.74) is 1.64. The van der Waals surface area contributed by atoms with Gasteiger partial charge < -0.3 is 33.6 Å². The van der Waals surface area contributed by atoms with Gasteiger partial charge in [0.15, 0.2) is 23.5 Å². The molecule has 3 aliphatic rings. The number of nitrogens with one attached hydrogen (secondary N) is 1. The molecular weight excluding hydrogens is 515 g/mol. The first-order valence-electron chi connectivity index (χ1n) is 10.1. The van der Waals surface area contributed by atoms with Crippen LogP contribution in [-0.4, -0.2) is 52.4 Å². The molecule has 0 aliphatic carbocycles. The molecule has 5 heterocycles. The first kappa shape index (κ1) is 19.5. The van der Waals surface area contributed by atoms with Gasteiger partial charge in [-0.15, -0.1) is 0 Å². The molecule has 0 unspecified atom stereocenters. The van der Waals surface area contributed by atoms with E-state index in [0.717, 1.165) is 31.8 Å². The SMILES string of the molecule is CC1(C)O[C@H]2[C@H](n3cc(I)c4c(Nc5ccc6c(c5)OCCO6)ncnc43)OC[C@H]2O1. The van der Waals surface area contributed by atoms with Crippen molar-refractivity contribution in [2.45, 2.75) is 38.1 Å². The van der Waals surface area contributed by atoms with Crippen LogP contribution in [-0.2, 0) is 14.2 Å². The van der Waals surface area contributed by atoms with E-state index in [1.54, 1.807) is 6.33 Å². The zero-order valence-electron chi connectivity index (χ0n) is 17.0. The first-order valence-corrected chi connectivity index (χ1v) is 11.2. The minimum Gasteiger partial charge on any atom is -0.486 e. The molecule has 3 aromatic rings. The molecule has 0 bridgehead atoms. The van der Waals surface area contributed by atoms with E-state index in [1.807, 2.05) is 42.8 Å². The van der Waals surface area contributed by atoms with E-state index in [4.69, 9.17) is 23.7 Å². The number of fused-ring (bicyclic) bond motifs is 3. The summed E-state index contributed by atoms with van der Waals surface area (Å²) < 4.78 is 32.5. The lowest BCUT2D eigenvalue weighted by molar-refractivity contribution is -0.183. The molecule has 2 aromatic heterocycles. The van der Waals surface area contributed by atoms with Crippen LogP contribution in [0.4, 0.5) is 11.5 Å². The Morgan fingerprint density at radius 1 is 1.13 bits per heavy atom. The fourth-order valence-electron chi connectivity index (χ4n) is 4.35. The van der Waals surface area contributed by atoms with Gasteiger partial charge in [0.2, 0.25) is 0 Å². The number of hydrogen-bond donors (Lipinski definition) is 1. The van der Waals surface area contributed by atoms with Crippen molar-refractivity contribution >= 4 is 45.1 Å². The van der Waals surface area contributed by atoms with E-state index in [2.05, 4.69) is 37.9 Å². The number of aromatic nitrogens is 3. The summed E-state index contributed by atoms with van der Waals surface area (Å²) >= 11 is 2.30. The molecule has 9 nitrogen and oxygen atoms in total. The van der Waals surface area contributed by atoms with Gasteiger partial charge in [-0.25, -0.2) is 9.97 Å². The predicted octanol–water partition coefficient (Wildman–Crippen LogP) is 3.60. The van der Waals surface area contributed by atoms with Crippen LogP contribution in [0.15, 0.2) is 30.7 Å². The average molecular weight is 536 g/mol. The van der Waals surface area contributed by atoms with E-state index in [-0.39, 0.29) is 18.4 Å². The first-order chi connectivity index (χ1) is 15.0. The fourth-order valence-corrected chi connectivity index (χ4v) is 5.14. The Morgan fingerprint density at radius 3 is 2.84 bits per heavy atom. The quantitative estimate of drug-likeness (QED) is 0.509. The van der Waals surface area contributed by atoms with Gasteiger partial charge in [-0.2, -0.15) is 0 Å². The summed E-state index contributed by atoms with van der Waals surface area (Å²) in [6.07, 6.45) is 2.99. The number of benzene rings is 1. The van der Waals surface area contributed by atoms with Gasteiger partial charge in [0.1, 0.15) is 43.2 Å². The van der Waals surface area contributed by atoms with Crippen LogP contribution in [0.3, 0.4) is 0 Å². The Labute approximate surface area is 192 Å². The Hall–Kier alpha value is -2.15. The Bertz CT molecular complexity index is 1170. The molecule has 0 amide bonds. The van der Waals surface area contributed by atoms with Crippen LogP contribution in [0, 0.1) is 3.57 Å². The number of hydrogen-bond acceptors (Lipinski definition) is 8. The Kier molecular flexibility index (Phi) is 4.53. The van der Waals surface area contributed by atoms with Crippen LogP contribution in [0.25, 0.3) is 11.0 Å². The normalized spacial score (nSPS) is 26.2. The highest BCUT2D eigenvalue weighted by Crippen LogP contribution is 2.42. The summed E-state index contributed by atoms with van der Waals surface area (Å²) in [7, 11) is 0. The maximum absolute atomic E-state index is 6.12. The maximum atomic E-state index is 6.12. The molecule has 3 aliphatic heterocycles. The molecule has 0 spiro atoms. The lowest BCUT2D eigenvalue weighted by atomic mass is 10.2. The third-order valence-corrected chi connectivity index (χ3v) is 6.39. The Morgan fingerprint density at radius 2 is 1.97 bits per heavy atom. The van der Waals surface area contributed by atoms with E-state index >= 15 is 0 Å². The largest absolute Gasteiger partial charge is 0.486 e. The highest BCUT2D eigenvalue weighted by Gasteiger charge is 2.51. The van der Waals surface area contributed by atoms with Gasteiger partial charge in [-0.1, -0.05) is 0 Å². The van der Waals surface area contributed by atoms with Crippen molar-refractivity contribution in [1.29, 1.82) is 0 Å².